The molecule has 3 rings (SSSR count). The summed E-state index contributed by atoms with van der Waals surface area (Å²) in [5, 5.41) is 33.4. The lowest BCUT2D eigenvalue weighted by molar-refractivity contribution is -0.143. The highest BCUT2D eigenvalue weighted by Crippen LogP contribution is 2.33. The van der Waals surface area contributed by atoms with Crippen molar-refractivity contribution >= 4 is 22.9 Å². The van der Waals surface area contributed by atoms with E-state index in [1.54, 1.807) is 0 Å². The Balaban J connectivity index is 1.75. The van der Waals surface area contributed by atoms with Crippen LogP contribution in [0.1, 0.15) is 6.23 Å². The normalized spacial score (nSPS) is 26.6. The number of fused-ring (bicyclic) bond motifs is 1. The van der Waals surface area contributed by atoms with Crippen molar-refractivity contribution < 1.29 is 24.9 Å². The van der Waals surface area contributed by atoms with Crippen LogP contribution in [-0.4, -0.2) is 97.2 Å². The van der Waals surface area contributed by atoms with E-state index in [-0.39, 0.29) is 5.82 Å². The van der Waals surface area contributed by atoms with Crippen LogP contribution >= 0.6 is 0 Å². The van der Waals surface area contributed by atoms with E-state index in [1.165, 1.54) is 17.2 Å². The molecule has 0 bridgehead atoms. The van der Waals surface area contributed by atoms with E-state index < -0.39 is 36.6 Å². The molecule has 0 radical (unpaired) electrons. The summed E-state index contributed by atoms with van der Waals surface area (Å²) >= 11 is 0. The van der Waals surface area contributed by atoms with Crippen molar-refractivity contribution in [2.24, 2.45) is 0 Å². The van der Waals surface area contributed by atoms with Crippen LogP contribution in [0.25, 0.3) is 11.2 Å². The fourth-order valence-corrected chi connectivity index (χ4v) is 2.89. The van der Waals surface area contributed by atoms with Gasteiger partial charge in [0.05, 0.1) is 6.33 Å². The molecule has 6 N–H and O–H groups in total. The maximum Gasteiger partial charge on any atom is 0.251 e. The predicted octanol–water partition coefficient (Wildman–Crippen LogP) is -2.93. The van der Waals surface area contributed by atoms with E-state index in [9.17, 15) is 20.1 Å². The number of nitrogens with zero attached hydrogens (tertiary/aromatic N) is 5. The van der Waals surface area contributed by atoms with Gasteiger partial charge in [-0.05, 0) is 14.1 Å². The number of nitrogens with one attached hydrogen (secondary N) is 1. The summed E-state index contributed by atoms with van der Waals surface area (Å²) in [7, 11) is 3.69. The number of carbonyl (C=O) groups is 1. The van der Waals surface area contributed by atoms with Crippen molar-refractivity contribution in [3.8, 4) is 0 Å². The Bertz CT molecular complexity index is 813. The zero-order chi connectivity index (χ0) is 19.7. The molecule has 12 nitrogen and oxygen atoms in total. The number of aliphatic hydroxyl groups is 3. The topological polar surface area (TPSA) is 172 Å². The van der Waals surface area contributed by atoms with Crippen LogP contribution in [0, 0.1) is 0 Å². The van der Waals surface area contributed by atoms with Gasteiger partial charge < -0.3 is 36.0 Å². The van der Waals surface area contributed by atoms with Gasteiger partial charge in [0.2, 0.25) is 0 Å². The first kappa shape index (κ1) is 19.4. The highest BCUT2D eigenvalue weighted by Gasteiger charge is 2.49. The van der Waals surface area contributed by atoms with Gasteiger partial charge in [-0.3, -0.25) is 9.36 Å². The van der Waals surface area contributed by atoms with Crippen molar-refractivity contribution in [2.45, 2.75) is 30.6 Å². The molecular formula is C15H23N7O5. The van der Waals surface area contributed by atoms with Crippen LogP contribution in [0.2, 0.25) is 0 Å². The van der Waals surface area contributed by atoms with Crippen LogP contribution in [0.15, 0.2) is 12.7 Å². The number of carbonyl (C=O) groups excluding carboxylic acids is 1. The fraction of sp³-hybridized carbons (Fsp3) is 0.600. The first-order valence-electron chi connectivity index (χ1n) is 8.36. The van der Waals surface area contributed by atoms with E-state index >= 15 is 0 Å². The number of aliphatic hydroxyl groups excluding tert-OH is 3. The van der Waals surface area contributed by atoms with E-state index in [4.69, 9.17) is 10.5 Å². The summed E-state index contributed by atoms with van der Waals surface area (Å²) in [4.78, 5) is 25.9. The highest BCUT2D eigenvalue weighted by molar-refractivity contribution is 5.82. The molecular weight excluding hydrogens is 358 g/mol. The molecule has 27 heavy (non-hydrogen) atoms. The first-order valence-corrected chi connectivity index (χ1v) is 8.36. The SMILES string of the molecule is CN(C)CCNC(=O)C(O)[C@H]1O[C@@H](n2cnc3c(N)ncnc32)C(O)C1O. The van der Waals surface area contributed by atoms with Crippen LogP contribution in [0.5, 0.6) is 0 Å². The third kappa shape index (κ3) is 3.70. The van der Waals surface area contributed by atoms with E-state index in [0.717, 1.165) is 0 Å². The summed E-state index contributed by atoms with van der Waals surface area (Å²) in [6.45, 7) is 0.903. The van der Waals surface area contributed by atoms with Crippen molar-refractivity contribution in [3.63, 3.8) is 0 Å². The van der Waals surface area contributed by atoms with Gasteiger partial charge in [-0.15, -0.1) is 0 Å². The Hall–Kier alpha value is -2.38. The Labute approximate surface area is 154 Å². The molecule has 0 aromatic carbocycles. The number of likely N-dealkylation sites (N-methyl/N-ethyl adjacent to an activating group) is 1. The Morgan fingerprint density at radius 1 is 1.37 bits per heavy atom. The van der Waals surface area contributed by atoms with Crippen LogP contribution < -0.4 is 11.1 Å². The molecule has 1 amide bonds. The zero-order valence-electron chi connectivity index (χ0n) is 14.9. The Morgan fingerprint density at radius 3 is 2.81 bits per heavy atom. The minimum absolute atomic E-state index is 0.156. The molecule has 2 aromatic rings. The summed E-state index contributed by atoms with van der Waals surface area (Å²) in [6.07, 6.45) is -4.40. The van der Waals surface area contributed by atoms with Gasteiger partial charge >= 0.3 is 0 Å². The van der Waals surface area contributed by atoms with Gasteiger partial charge in [0, 0.05) is 13.1 Å². The van der Waals surface area contributed by atoms with Gasteiger partial charge in [0.1, 0.15) is 30.2 Å². The number of amides is 1. The molecule has 12 heteroatoms. The number of hydrogen-bond donors (Lipinski definition) is 5. The fourth-order valence-electron chi connectivity index (χ4n) is 2.89. The van der Waals surface area contributed by atoms with Crippen molar-refractivity contribution in [1.29, 1.82) is 0 Å². The third-order valence-corrected chi connectivity index (χ3v) is 4.37. The predicted molar refractivity (Wildman–Crippen MR) is 93.2 cm³/mol. The lowest BCUT2D eigenvalue weighted by Crippen LogP contribution is -2.48. The molecule has 0 spiro atoms. The number of nitrogen functional groups attached to an aromatic ring is 1. The van der Waals surface area contributed by atoms with Crippen molar-refractivity contribution in [3.05, 3.63) is 12.7 Å². The molecule has 1 aliphatic rings. The standard InChI is InChI=1S/C15H23N7O5/c1-21(2)4-3-17-14(26)10(25)11-8(23)9(24)15(27-11)22-6-20-7-12(16)18-5-19-13(7)22/h5-6,8-11,15,23-25H,3-4H2,1-2H3,(H,17,26)(H2,16,18,19)/t8?,9?,10?,11-,15+/m0/s1. The van der Waals surface area contributed by atoms with Gasteiger partial charge in [-0.25, -0.2) is 15.0 Å². The lowest BCUT2D eigenvalue weighted by Gasteiger charge is -2.21. The molecule has 148 valence electrons. The number of rotatable bonds is 6. The number of hydrogen-bond acceptors (Lipinski definition) is 10. The number of aromatic nitrogens is 4. The largest absolute Gasteiger partial charge is 0.387 e. The third-order valence-electron chi connectivity index (χ3n) is 4.37. The minimum Gasteiger partial charge on any atom is -0.387 e. The van der Waals surface area contributed by atoms with Crippen LogP contribution in [0.4, 0.5) is 5.82 Å². The Morgan fingerprint density at radius 2 is 2.11 bits per heavy atom. The molecule has 3 heterocycles. The number of imidazole rings is 1. The smallest absolute Gasteiger partial charge is 0.251 e. The second-order valence-electron chi connectivity index (χ2n) is 6.59. The summed E-state index contributed by atoms with van der Waals surface area (Å²) in [6, 6.07) is 0. The molecule has 1 aliphatic heterocycles. The van der Waals surface area contributed by atoms with E-state index in [0.29, 0.717) is 24.3 Å². The molecule has 1 fully saturated rings. The van der Waals surface area contributed by atoms with Crippen LogP contribution in [-0.2, 0) is 9.53 Å². The molecule has 3 unspecified atom stereocenters. The first-order chi connectivity index (χ1) is 12.8. The number of ether oxygens (including phenoxy) is 1. The maximum atomic E-state index is 12.1. The van der Waals surface area contributed by atoms with Crippen molar-refractivity contribution in [2.75, 3.05) is 32.9 Å². The van der Waals surface area contributed by atoms with E-state index in [1.807, 2.05) is 19.0 Å². The highest BCUT2D eigenvalue weighted by atomic mass is 16.6. The molecule has 2 aromatic heterocycles. The molecule has 5 atom stereocenters. The Kier molecular flexibility index (Phi) is 5.53. The van der Waals surface area contributed by atoms with E-state index in [2.05, 4.69) is 20.3 Å². The maximum absolute atomic E-state index is 12.1. The number of anilines is 1. The zero-order valence-corrected chi connectivity index (χ0v) is 14.9. The quantitative estimate of drug-likeness (QED) is 0.349. The van der Waals surface area contributed by atoms with Gasteiger partial charge in [0.15, 0.2) is 23.8 Å². The second-order valence-corrected chi connectivity index (χ2v) is 6.59. The second kappa shape index (κ2) is 7.70. The monoisotopic (exact) mass is 381 g/mol. The summed E-state index contributed by atoms with van der Waals surface area (Å²) < 4.78 is 6.96. The van der Waals surface area contributed by atoms with Gasteiger partial charge in [0.25, 0.3) is 5.91 Å². The van der Waals surface area contributed by atoms with Gasteiger partial charge in [-0.1, -0.05) is 0 Å². The molecule has 1 saturated heterocycles. The minimum atomic E-state index is -1.66. The van der Waals surface area contributed by atoms with Crippen LogP contribution in [0.3, 0.4) is 0 Å². The molecule has 0 aliphatic carbocycles. The lowest BCUT2D eigenvalue weighted by atomic mass is 10.0. The van der Waals surface area contributed by atoms with Crippen molar-refractivity contribution in [1.82, 2.24) is 29.7 Å². The summed E-state index contributed by atoms with van der Waals surface area (Å²) in [5.41, 5.74) is 6.35. The molecule has 0 saturated carbocycles. The summed E-state index contributed by atoms with van der Waals surface area (Å²) in [5.74, 6) is -0.542. The average molecular weight is 381 g/mol. The average Bonchev–Trinajstić information content (AvgIpc) is 3.17. The number of nitrogens with two attached hydrogens (primary N) is 1. The van der Waals surface area contributed by atoms with Gasteiger partial charge in [-0.2, -0.15) is 0 Å².